The number of thioether (sulfide) groups is 1. The highest BCUT2D eigenvalue weighted by Crippen LogP contribution is 2.19. The Hall–Kier alpha value is -3.21. The molecule has 0 saturated heterocycles. The van der Waals surface area contributed by atoms with Crippen molar-refractivity contribution in [1.29, 1.82) is 0 Å². The predicted molar refractivity (Wildman–Crippen MR) is 89.2 cm³/mol. The molecule has 2 aromatic rings. The number of carbonyl (C=O) groups is 3. The molecule has 136 valence electrons. The summed E-state index contributed by atoms with van der Waals surface area (Å²) in [5.74, 6) is -3.90. The van der Waals surface area contributed by atoms with Crippen LogP contribution in [0.15, 0.2) is 34.2 Å². The standard InChI is InChI=1S/C15H13FN4O5S/c1-7(21)17-12-11(14(25)20-15(19-12)26-6-10(22)23)18-13(24)8-2-4-9(16)5-3-8/h2-5H,6H2,1H3,(H,18,24)(H,22,23)(H2,17,19,20,21,25)/p-1. The number of amides is 2. The zero-order valence-corrected chi connectivity index (χ0v) is 14.1. The number of hydrogen-bond acceptors (Lipinski definition) is 7. The fourth-order valence-electron chi connectivity index (χ4n) is 1.81. The molecule has 1 heterocycles. The number of rotatable bonds is 6. The molecular weight excluding hydrogens is 367 g/mol. The van der Waals surface area contributed by atoms with Crippen molar-refractivity contribution in [3.05, 3.63) is 46.0 Å². The second-order valence-electron chi connectivity index (χ2n) is 4.90. The third-order valence-electron chi connectivity index (χ3n) is 2.86. The Morgan fingerprint density at radius 3 is 2.46 bits per heavy atom. The normalized spacial score (nSPS) is 10.2. The van der Waals surface area contributed by atoms with Gasteiger partial charge in [-0.3, -0.25) is 19.4 Å². The van der Waals surface area contributed by atoms with E-state index >= 15 is 0 Å². The van der Waals surface area contributed by atoms with Gasteiger partial charge < -0.3 is 20.5 Å². The van der Waals surface area contributed by atoms with Gasteiger partial charge in [-0.15, -0.1) is 0 Å². The fourth-order valence-corrected chi connectivity index (χ4v) is 2.38. The third kappa shape index (κ3) is 5.14. The molecule has 0 saturated carbocycles. The number of aliphatic carboxylic acids is 1. The molecule has 0 unspecified atom stereocenters. The van der Waals surface area contributed by atoms with Crippen molar-refractivity contribution in [1.82, 2.24) is 9.97 Å². The van der Waals surface area contributed by atoms with Gasteiger partial charge in [0.25, 0.3) is 11.5 Å². The Kier molecular flexibility index (Phi) is 6.07. The second-order valence-corrected chi connectivity index (χ2v) is 5.86. The summed E-state index contributed by atoms with van der Waals surface area (Å²) in [5, 5.41) is 15.0. The van der Waals surface area contributed by atoms with E-state index in [4.69, 9.17) is 0 Å². The number of carboxylic acids is 1. The zero-order valence-electron chi connectivity index (χ0n) is 13.3. The van der Waals surface area contributed by atoms with Crippen LogP contribution < -0.4 is 21.3 Å². The lowest BCUT2D eigenvalue weighted by atomic mass is 10.2. The molecule has 0 aliphatic carbocycles. The SMILES string of the molecule is CC(=O)Nc1nc(SCC(=O)[O-])[nH]c(=O)c1NC(=O)c1ccc(F)cc1. The molecule has 11 heteroatoms. The molecule has 0 radical (unpaired) electrons. The third-order valence-corrected chi connectivity index (χ3v) is 3.71. The quantitative estimate of drug-likeness (QED) is 0.472. The van der Waals surface area contributed by atoms with Crippen LogP contribution >= 0.6 is 11.8 Å². The maximum atomic E-state index is 12.9. The molecule has 0 spiro atoms. The summed E-state index contributed by atoms with van der Waals surface area (Å²) in [6.07, 6.45) is 0. The maximum Gasteiger partial charge on any atom is 0.277 e. The Labute approximate surface area is 150 Å². The second kappa shape index (κ2) is 8.25. The van der Waals surface area contributed by atoms with Crippen LogP contribution in [0.25, 0.3) is 0 Å². The molecule has 0 aliphatic heterocycles. The summed E-state index contributed by atoms with van der Waals surface area (Å²) in [5.41, 5.74) is -1.07. The van der Waals surface area contributed by atoms with Gasteiger partial charge in [0.05, 0.1) is 5.97 Å². The molecule has 0 atom stereocenters. The number of carbonyl (C=O) groups excluding carboxylic acids is 3. The average Bonchev–Trinajstić information content (AvgIpc) is 2.56. The fraction of sp³-hybridized carbons (Fsp3) is 0.133. The van der Waals surface area contributed by atoms with E-state index in [0.717, 1.165) is 12.1 Å². The van der Waals surface area contributed by atoms with Gasteiger partial charge in [-0.2, -0.15) is 0 Å². The van der Waals surface area contributed by atoms with Gasteiger partial charge in [-0.25, -0.2) is 9.37 Å². The molecule has 2 amide bonds. The first-order valence-electron chi connectivity index (χ1n) is 7.07. The summed E-state index contributed by atoms with van der Waals surface area (Å²) < 4.78 is 12.9. The van der Waals surface area contributed by atoms with Crippen molar-refractivity contribution in [2.75, 3.05) is 16.4 Å². The number of halogens is 1. The molecule has 0 bridgehead atoms. The summed E-state index contributed by atoms with van der Waals surface area (Å²) >= 11 is 0.675. The Balaban J connectivity index is 2.34. The minimum atomic E-state index is -1.37. The highest BCUT2D eigenvalue weighted by atomic mass is 32.2. The van der Waals surface area contributed by atoms with Crippen molar-refractivity contribution in [3.8, 4) is 0 Å². The maximum absolute atomic E-state index is 12.9. The van der Waals surface area contributed by atoms with Gasteiger partial charge in [0.2, 0.25) is 5.91 Å². The number of nitrogens with zero attached hydrogens (tertiary/aromatic N) is 1. The van der Waals surface area contributed by atoms with E-state index < -0.39 is 34.9 Å². The first kappa shape index (κ1) is 19.1. The van der Waals surface area contributed by atoms with E-state index in [2.05, 4.69) is 20.6 Å². The molecule has 0 fully saturated rings. The molecule has 1 aromatic carbocycles. The lowest BCUT2D eigenvalue weighted by molar-refractivity contribution is -0.301. The molecule has 2 rings (SSSR count). The van der Waals surface area contributed by atoms with E-state index in [1.807, 2.05) is 0 Å². The molecule has 26 heavy (non-hydrogen) atoms. The Morgan fingerprint density at radius 2 is 1.88 bits per heavy atom. The van der Waals surface area contributed by atoms with E-state index in [9.17, 15) is 28.7 Å². The number of carboxylic acid groups (broad SMARTS) is 1. The smallest absolute Gasteiger partial charge is 0.277 e. The lowest BCUT2D eigenvalue weighted by Gasteiger charge is -2.11. The molecular formula is C15H12FN4O5S-. The predicted octanol–water partition coefficient (Wildman–Crippen LogP) is -0.0383. The van der Waals surface area contributed by atoms with Crippen LogP contribution in [0.3, 0.4) is 0 Å². The van der Waals surface area contributed by atoms with Gasteiger partial charge >= 0.3 is 0 Å². The van der Waals surface area contributed by atoms with Crippen molar-refractivity contribution in [2.24, 2.45) is 0 Å². The summed E-state index contributed by atoms with van der Waals surface area (Å²) in [7, 11) is 0. The van der Waals surface area contributed by atoms with Crippen LogP contribution in [0.4, 0.5) is 15.9 Å². The molecule has 0 aliphatic rings. The van der Waals surface area contributed by atoms with Crippen molar-refractivity contribution in [2.45, 2.75) is 12.1 Å². The Morgan fingerprint density at radius 1 is 1.23 bits per heavy atom. The molecule has 9 nitrogen and oxygen atoms in total. The lowest BCUT2D eigenvalue weighted by Crippen LogP contribution is -2.26. The molecule has 3 N–H and O–H groups in total. The van der Waals surface area contributed by atoms with Gasteiger partial charge in [-0.1, -0.05) is 11.8 Å². The number of benzene rings is 1. The number of nitrogens with one attached hydrogen (secondary N) is 3. The van der Waals surface area contributed by atoms with Crippen LogP contribution in [0.2, 0.25) is 0 Å². The van der Waals surface area contributed by atoms with E-state index in [-0.39, 0.29) is 22.2 Å². The topological polar surface area (TPSA) is 144 Å². The highest BCUT2D eigenvalue weighted by molar-refractivity contribution is 7.99. The van der Waals surface area contributed by atoms with E-state index in [1.54, 1.807) is 0 Å². The van der Waals surface area contributed by atoms with Crippen LogP contribution in [-0.2, 0) is 9.59 Å². The number of H-pyrrole nitrogens is 1. The van der Waals surface area contributed by atoms with Crippen molar-refractivity contribution < 1.29 is 23.9 Å². The first-order chi connectivity index (χ1) is 12.3. The highest BCUT2D eigenvalue weighted by Gasteiger charge is 2.17. The number of hydrogen-bond donors (Lipinski definition) is 3. The van der Waals surface area contributed by atoms with Crippen molar-refractivity contribution in [3.63, 3.8) is 0 Å². The monoisotopic (exact) mass is 379 g/mol. The van der Waals surface area contributed by atoms with Gasteiger partial charge in [-0.05, 0) is 24.3 Å². The van der Waals surface area contributed by atoms with Gasteiger partial charge in [0.1, 0.15) is 5.82 Å². The van der Waals surface area contributed by atoms with E-state index in [1.165, 1.54) is 19.1 Å². The van der Waals surface area contributed by atoms with Crippen LogP contribution in [0, 0.1) is 5.82 Å². The number of aromatic amines is 1. The largest absolute Gasteiger partial charge is 0.549 e. The Bertz CT molecular complexity index is 913. The minimum absolute atomic E-state index is 0.0787. The average molecular weight is 379 g/mol. The van der Waals surface area contributed by atoms with E-state index in [0.29, 0.717) is 11.8 Å². The zero-order chi connectivity index (χ0) is 19.3. The molecule has 1 aromatic heterocycles. The van der Waals surface area contributed by atoms with Crippen molar-refractivity contribution >= 4 is 41.1 Å². The summed E-state index contributed by atoms with van der Waals surface area (Å²) in [4.78, 5) is 52.4. The minimum Gasteiger partial charge on any atom is -0.549 e. The van der Waals surface area contributed by atoms with Crippen LogP contribution in [-0.4, -0.2) is 33.5 Å². The van der Waals surface area contributed by atoms with Gasteiger partial charge in [0, 0.05) is 18.2 Å². The first-order valence-corrected chi connectivity index (χ1v) is 8.06. The van der Waals surface area contributed by atoms with Crippen LogP contribution in [0.5, 0.6) is 0 Å². The number of aromatic nitrogens is 2. The summed E-state index contributed by atoms with van der Waals surface area (Å²) in [6.45, 7) is 1.17. The summed E-state index contributed by atoms with van der Waals surface area (Å²) in [6, 6.07) is 4.58. The van der Waals surface area contributed by atoms with Gasteiger partial charge in [0.15, 0.2) is 16.7 Å². The van der Waals surface area contributed by atoms with Crippen LogP contribution in [0.1, 0.15) is 17.3 Å². The number of anilines is 2.